The summed E-state index contributed by atoms with van der Waals surface area (Å²) in [5.74, 6) is -0.655. The van der Waals surface area contributed by atoms with Crippen LogP contribution < -0.4 is 4.90 Å². The third-order valence-corrected chi connectivity index (χ3v) is 5.08. The quantitative estimate of drug-likeness (QED) is 0.511. The molecule has 25 heavy (non-hydrogen) atoms. The maximum absolute atomic E-state index is 14.3. The van der Waals surface area contributed by atoms with Gasteiger partial charge in [-0.3, -0.25) is 10.1 Å². The summed E-state index contributed by atoms with van der Waals surface area (Å²) in [5.41, 5.74) is 1.15. The van der Waals surface area contributed by atoms with Gasteiger partial charge in [0.05, 0.1) is 23.3 Å². The largest absolute Gasteiger partial charge is 0.395 e. The molecule has 7 heteroatoms. The molecular formula is C18H17FN2O3S. The molecule has 0 radical (unpaired) electrons. The van der Waals surface area contributed by atoms with Gasteiger partial charge < -0.3 is 10.0 Å². The molecule has 0 bridgehead atoms. The topological polar surface area (TPSA) is 66.6 Å². The van der Waals surface area contributed by atoms with E-state index >= 15 is 0 Å². The number of fused-ring (bicyclic) bond motifs is 1. The Labute approximate surface area is 148 Å². The van der Waals surface area contributed by atoms with Gasteiger partial charge in [-0.1, -0.05) is 18.2 Å². The molecule has 5 nitrogen and oxygen atoms in total. The van der Waals surface area contributed by atoms with Crippen LogP contribution in [0.1, 0.15) is 5.56 Å². The highest BCUT2D eigenvalue weighted by molar-refractivity contribution is 7.17. The third kappa shape index (κ3) is 3.78. The van der Waals surface area contributed by atoms with Gasteiger partial charge in [0.1, 0.15) is 0 Å². The van der Waals surface area contributed by atoms with Crippen molar-refractivity contribution < 1.29 is 14.4 Å². The Hall–Kier alpha value is -2.51. The van der Waals surface area contributed by atoms with Crippen LogP contribution in [0.5, 0.6) is 0 Å². The molecule has 0 aliphatic rings. The highest BCUT2D eigenvalue weighted by Gasteiger charge is 2.16. The molecule has 2 aromatic carbocycles. The lowest BCUT2D eigenvalue weighted by Gasteiger charge is -2.24. The molecular weight excluding hydrogens is 343 g/mol. The van der Waals surface area contributed by atoms with E-state index in [9.17, 15) is 19.6 Å². The zero-order valence-electron chi connectivity index (χ0n) is 13.4. The van der Waals surface area contributed by atoms with E-state index in [-0.39, 0.29) is 24.5 Å². The van der Waals surface area contributed by atoms with Crippen LogP contribution >= 0.6 is 11.3 Å². The summed E-state index contributed by atoms with van der Waals surface area (Å²) in [6.07, 6.45) is 0.695. The van der Waals surface area contributed by atoms with E-state index in [4.69, 9.17) is 0 Å². The minimum atomic E-state index is -0.655. The molecule has 0 unspecified atom stereocenters. The summed E-state index contributed by atoms with van der Waals surface area (Å²) in [4.78, 5) is 11.8. The number of nitrogens with zero attached hydrogens (tertiary/aromatic N) is 2. The Morgan fingerprint density at radius 2 is 2.00 bits per heavy atom. The minimum Gasteiger partial charge on any atom is -0.395 e. The van der Waals surface area contributed by atoms with Crippen molar-refractivity contribution in [1.82, 2.24) is 0 Å². The lowest BCUT2D eigenvalue weighted by atomic mass is 10.1. The van der Waals surface area contributed by atoms with Crippen molar-refractivity contribution in [2.24, 2.45) is 0 Å². The number of halogens is 1. The zero-order valence-corrected chi connectivity index (χ0v) is 14.2. The first-order valence-corrected chi connectivity index (χ1v) is 8.73. The van der Waals surface area contributed by atoms with Crippen LogP contribution in [-0.2, 0) is 6.42 Å². The molecule has 0 saturated carbocycles. The summed E-state index contributed by atoms with van der Waals surface area (Å²) in [5, 5.41) is 23.3. The summed E-state index contributed by atoms with van der Waals surface area (Å²) < 4.78 is 15.5. The van der Waals surface area contributed by atoms with Gasteiger partial charge in [-0.2, -0.15) is 0 Å². The number of aliphatic hydroxyl groups excluding tert-OH is 1. The molecule has 0 aliphatic carbocycles. The van der Waals surface area contributed by atoms with E-state index in [1.807, 2.05) is 12.1 Å². The van der Waals surface area contributed by atoms with Crippen LogP contribution in [0.3, 0.4) is 0 Å². The first-order valence-electron chi connectivity index (χ1n) is 7.85. The van der Waals surface area contributed by atoms with Crippen LogP contribution in [0.15, 0.2) is 47.8 Å². The normalized spacial score (nSPS) is 11.0. The highest BCUT2D eigenvalue weighted by Crippen LogP contribution is 2.28. The standard InChI is InChI=1S/C18H17FN2O3S/c19-16-11-14(21(23)24)5-6-17(16)20(9-10-22)8-7-13-12-25-18-4-2-1-3-15(13)18/h1-6,11-12,22H,7-10H2. The Morgan fingerprint density at radius 3 is 2.72 bits per heavy atom. The fourth-order valence-corrected chi connectivity index (χ4v) is 3.82. The van der Waals surface area contributed by atoms with E-state index in [1.165, 1.54) is 27.8 Å². The predicted molar refractivity (Wildman–Crippen MR) is 97.9 cm³/mol. The number of thiophene rings is 1. The first kappa shape index (κ1) is 17.3. The SMILES string of the molecule is O=[N+]([O-])c1ccc(N(CCO)CCc2csc3ccccc23)c(F)c1. The second-order valence-electron chi connectivity index (χ2n) is 5.61. The second kappa shape index (κ2) is 7.58. The molecule has 130 valence electrons. The van der Waals surface area contributed by atoms with Crippen molar-refractivity contribution in [1.29, 1.82) is 0 Å². The van der Waals surface area contributed by atoms with Crippen LogP contribution in [0.4, 0.5) is 15.8 Å². The van der Waals surface area contributed by atoms with Crippen molar-refractivity contribution in [2.75, 3.05) is 24.6 Å². The predicted octanol–water partition coefficient (Wildman–Crippen LogP) is 3.99. The first-order chi connectivity index (χ1) is 12.1. The van der Waals surface area contributed by atoms with Crippen molar-refractivity contribution >= 4 is 32.8 Å². The number of rotatable bonds is 7. The summed E-state index contributed by atoms with van der Waals surface area (Å²) in [6, 6.07) is 11.7. The molecule has 0 amide bonds. The fraction of sp³-hybridized carbons (Fsp3) is 0.222. The Balaban J connectivity index is 1.81. The van der Waals surface area contributed by atoms with Gasteiger partial charge in [-0.05, 0) is 34.9 Å². The van der Waals surface area contributed by atoms with Crippen LogP contribution in [0, 0.1) is 15.9 Å². The van der Waals surface area contributed by atoms with Crippen molar-refractivity contribution in [3.8, 4) is 0 Å². The smallest absolute Gasteiger partial charge is 0.272 e. The van der Waals surface area contributed by atoms with E-state index in [0.717, 1.165) is 6.07 Å². The van der Waals surface area contributed by atoms with Gasteiger partial charge in [0.15, 0.2) is 5.82 Å². The molecule has 0 saturated heterocycles. The maximum Gasteiger partial charge on any atom is 0.272 e. The number of nitro groups is 1. The van der Waals surface area contributed by atoms with E-state index in [1.54, 1.807) is 16.2 Å². The number of aliphatic hydroxyl groups is 1. The molecule has 1 aromatic heterocycles. The summed E-state index contributed by atoms with van der Waals surface area (Å²) in [6.45, 7) is 0.646. The summed E-state index contributed by atoms with van der Waals surface area (Å²) >= 11 is 1.67. The fourth-order valence-electron chi connectivity index (χ4n) is 2.82. The number of anilines is 1. The molecule has 0 fully saturated rings. The number of non-ortho nitro benzene ring substituents is 1. The van der Waals surface area contributed by atoms with Crippen molar-refractivity contribution in [3.05, 3.63) is 69.3 Å². The van der Waals surface area contributed by atoms with Crippen molar-refractivity contribution in [3.63, 3.8) is 0 Å². The number of hydrogen-bond acceptors (Lipinski definition) is 5. The molecule has 0 spiro atoms. The lowest BCUT2D eigenvalue weighted by Crippen LogP contribution is -2.29. The molecule has 3 rings (SSSR count). The Kier molecular flexibility index (Phi) is 5.25. The van der Waals surface area contributed by atoms with Gasteiger partial charge in [-0.25, -0.2) is 4.39 Å². The van der Waals surface area contributed by atoms with Crippen LogP contribution in [-0.4, -0.2) is 29.7 Å². The monoisotopic (exact) mass is 360 g/mol. The average molecular weight is 360 g/mol. The van der Waals surface area contributed by atoms with Gasteiger partial charge in [0, 0.05) is 23.9 Å². The van der Waals surface area contributed by atoms with Crippen LogP contribution in [0.25, 0.3) is 10.1 Å². The van der Waals surface area contributed by atoms with Gasteiger partial charge >= 0.3 is 0 Å². The minimum absolute atomic E-state index is 0.124. The second-order valence-corrected chi connectivity index (χ2v) is 6.52. The highest BCUT2D eigenvalue weighted by atomic mass is 32.1. The van der Waals surface area contributed by atoms with E-state index in [0.29, 0.717) is 13.0 Å². The number of nitro benzene ring substituents is 1. The van der Waals surface area contributed by atoms with Gasteiger partial charge in [0.25, 0.3) is 5.69 Å². The molecule has 0 atom stereocenters. The molecule has 1 N–H and O–H groups in total. The Morgan fingerprint density at radius 1 is 1.20 bits per heavy atom. The summed E-state index contributed by atoms with van der Waals surface area (Å²) in [7, 11) is 0. The molecule has 3 aromatic rings. The maximum atomic E-state index is 14.3. The molecule has 1 heterocycles. The van der Waals surface area contributed by atoms with Crippen molar-refractivity contribution in [2.45, 2.75) is 6.42 Å². The average Bonchev–Trinajstić information content (AvgIpc) is 3.02. The molecule has 0 aliphatic heterocycles. The van der Waals surface area contributed by atoms with Gasteiger partial charge in [-0.15, -0.1) is 11.3 Å². The van der Waals surface area contributed by atoms with Crippen LogP contribution in [0.2, 0.25) is 0 Å². The number of hydrogen-bond donors (Lipinski definition) is 1. The third-order valence-electron chi connectivity index (χ3n) is 4.06. The zero-order chi connectivity index (χ0) is 17.8. The Bertz CT molecular complexity index is 897. The van der Waals surface area contributed by atoms with E-state index < -0.39 is 10.7 Å². The van der Waals surface area contributed by atoms with E-state index in [2.05, 4.69) is 17.5 Å². The lowest BCUT2D eigenvalue weighted by molar-refractivity contribution is -0.385. The number of benzene rings is 2. The van der Waals surface area contributed by atoms with Gasteiger partial charge in [0.2, 0.25) is 0 Å².